The molecule has 1 N–H and O–H groups in total. The molecular formula is C12H18N2O3S. The Balaban J connectivity index is 2.93. The highest BCUT2D eigenvalue weighted by atomic mass is 32.1. The first kappa shape index (κ1) is 14.5. The lowest BCUT2D eigenvalue weighted by atomic mass is 10.2. The topological polar surface area (TPSA) is 58.6 Å². The first-order valence-corrected chi connectivity index (χ1v) is 6.65. The van der Waals surface area contributed by atoms with Gasteiger partial charge in [-0.25, -0.2) is 9.59 Å². The number of rotatable bonds is 4. The first-order valence-electron chi connectivity index (χ1n) is 5.77. The Hall–Kier alpha value is -1.56. The first-order chi connectivity index (χ1) is 8.54. The Kier molecular flexibility index (Phi) is 5.15. The molecule has 1 rings (SSSR count). The van der Waals surface area contributed by atoms with E-state index in [-0.39, 0.29) is 6.03 Å². The molecule has 6 heteroatoms. The second-order valence-electron chi connectivity index (χ2n) is 3.72. The fraction of sp³-hybridized carbons (Fsp3) is 0.500. The van der Waals surface area contributed by atoms with Crippen LogP contribution in [-0.2, 0) is 4.74 Å². The normalized spacial score (nSPS) is 10.0. The van der Waals surface area contributed by atoms with E-state index in [4.69, 9.17) is 4.74 Å². The molecule has 18 heavy (non-hydrogen) atoms. The summed E-state index contributed by atoms with van der Waals surface area (Å²) in [4.78, 5) is 25.6. The number of aryl methyl sites for hydroxylation is 1. The van der Waals surface area contributed by atoms with Gasteiger partial charge in [0.1, 0.15) is 4.88 Å². The summed E-state index contributed by atoms with van der Waals surface area (Å²) in [7, 11) is 1.33. The predicted molar refractivity (Wildman–Crippen MR) is 72.3 cm³/mol. The summed E-state index contributed by atoms with van der Waals surface area (Å²) in [5.74, 6) is -0.428. The average Bonchev–Trinajstić information content (AvgIpc) is 2.72. The summed E-state index contributed by atoms with van der Waals surface area (Å²) in [5.41, 5.74) is 1.41. The Morgan fingerprint density at radius 2 is 2.00 bits per heavy atom. The number of esters is 1. The second-order valence-corrected chi connectivity index (χ2v) is 4.60. The van der Waals surface area contributed by atoms with Crippen LogP contribution in [0.4, 0.5) is 10.5 Å². The van der Waals surface area contributed by atoms with Gasteiger partial charge in [0.25, 0.3) is 0 Å². The van der Waals surface area contributed by atoms with Crippen molar-refractivity contribution in [3.05, 3.63) is 15.8 Å². The van der Waals surface area contributed by atoms with Gasteiger partial charge in [-0.05, 0) is 31.7 Å². The fourth-order valence-electron chi connectivity index (χ4n) is 1.54. The minimum atomic E-state index is -0.428. The van der Waals surface area contributed by atoms with Gasteiger partial charge >= 0.3 is 12.0 Å². The lowest BCUT2D eigenvalue weighted by Gasteiger charge is -2.19. The highest BCUT2D eigenvalue weighted by Gasteiger charge is 2.20. The third-order valence-electron chi connectivity index (χ3n) is 2.63. The average molecular weight is 270 g/mol. The Labute approximate surface area is 111 Å². The molecule has 0 aromatic carbocycles. The smallest absolute Gasteiger partial charge is 0.350 e. The molecule has 5 nitrogen and oxygen atoms in total. The van der Waals surface area contributed by atoms with Crippen molar-refractivity contribution in [3.8, 4) is 0 Å². The molecule has 1 aromatic rings. The maximum atomic E-state index is 12.0. The number of thiophene rings is 1. The summed E-state index contributed by atoms with van der Waals surface area (Å²) in [6, 6.07) is -0.202. The molecular weight excluding hydrogens is 252 g/mol. The molecule has 0 saturated heterocycles. The number of hydrogen-bond donors (Lipinski definition) is 1. The maximum absolute atomic E-state index is 12.0. The number of anilines is 1. The summed E-state index contributed by atoms with van der Waals surface area (Å²) < 4.78 is 4.69. The zero-order valence-electron chi connectivity index (χ0n) is 11.1. The van der Waals surface area contributed by atoms with Crippen LogP contribution in [0.1, 0.15) is 29.1 Å². The van der Waals surface area contributed by atoms with Crippen LogP contribution in [0.2, 0.25) is 0 Å². The van der Waals surface area contributed by atoms with Crippen molar-refractivity contribution in [2.24, 2.45) is 0 Å². The Morgan fingerprint density at radius 1 is 1.39 bits per heavy atom. The van der Waals surface area contributed by atoms with Gasteiger partial charge in [0.2, 0.25) is 0 Å². The van der Waals surface area contributed by atoms with Crippen LogP contribution in [0.5, 0.6) is 0 Å². The quantitative estimate of drug-likeness (QED) is 0.856. The summed E-state index contributed by atoms with van der Waals surface area (Å²) in [6.07, 6.45) is 0. The van der Waals surface area contributed by atoms with E-state index < -0.39 is 5.97 Å². The highest BCUT2D eigenvalue weighted by molar-refractivity contribution is 7.12. The molecule has 2 amide bonds. The van der Waals surface area contributed by atoms with Crippen LogP contribution in [-0.4, -0.2) is 37.1 Å². The third-order valence-corrected chi connectivity index (χ3v) is 3.71. The minimum Gasteiger partial charge on any atom is -0.465 e. The zero-order chi connectivity index (χ0) is 13.7. The monoisotopic (exact) mass is 270 g/mol. The van der Waals surface area contributed by atoms with Crippen LogP contribution in [0, 0.1) is 6.92 Å². The standard InChI is InChI=1S/C12H18N2O3S/c1-5-14(6-2)12(16)13-9-8(3)7-18-10(9)11(15)17-4/h7H,5-6H2,1-4H3,(H,13,16). The van der Waals surface area contributed by atoms with Crippen molar-refractivity contribution < 1.29 is 14.3 Å². The van der Waals surface area contributed by atoms with E-state index in [9.17, 15) is 9.59 Å². The van der Waals surface area contributed by atoms with E-state index >= 15 is 0 Å². The Morgan fingerprint density at radius 3 is 2.50 bits per heavy atom. The molecule has 0 bridgehead atoms. The number of methoxy groups -OCH3 is 1. The molecule has 1 heterocycles. The molecule has 0 radical (unpaired) electrons. The SMILES string of the molecule is CCN(CC)C(=O)Nc1c(C)csc1C(=O)OC. The number of nitrogens with one attached hydrogen (secondary N) is 1. The number of carbonyl (C=O) groups is 2. The molecule has 0 saturated carbocycles. The number of amides is 2. The molecule has 0 atom stereocenters. The number of carbonyl (C=O) groups excluding carboxylic acids is 2. The van der Waals surface area contributed by atoms with Crippen LogP contribution < -0.4 is 5.32 Å². The van der Waals surface area contributed by atoms with Gasteiger partial charge in [-0.3, -0.25) is 0 Å². The lowest BCUT2D eigenvalue weighted by Crippen LogP contribution is -2.34. The van der Waals surface area contributed by atoms with Gasteiger partial charge < -0.3 is 15.0 Å². The van der Waals surface area contributed by atoms with Crippen molar-refractivity contribution >= 4 is 29.0 Å². The lowest BCUT2D eigenvalue weighted by molar-refractivity contribution is 0.0607. The Bertz CT molecular complexity index is 439. The molecule has 0 aliphatic heterocycles. The molecule has 0 unspecified atom stereocenters. The van der Waals surface area contributed by atoms with E-state index in [0.29, 0.717) is 23.7 Å². The molecule has 0 fully saturated rings. The molecule has 100 valence electrons. The fourth-order valence-corrected chi connectivity index (χ4v) is 2.46. The summed E-state index contributed by atoms with van der Waals surface area (Å²) >= 11 is 1.27. The van der Waals surface area contributed by atoms with Crippen LogP contribution in [0.15, 0.2) is 5.38 Å². The number of ether oxygens (including phenoxy) is 1. The van der Waals surface area contributed by atoms with Crippen molar-refractivity contribution in [1.29, 1.82) is 0 Å². The van der Waals surface area contributed by atoms with E-state index in [1.165, 1.54) is 18.4 Å². The summed E-state index contributed by atoms with van der Waals surface area (Å²) in [6.45, 7) is 6.91. The number of hydrogen-bond acceptors (Lipinski definition) is 4. The largest absolute Gasteiger partial charge is 0.465 e. The van der Waals surface area contributed by atoms with Crippen molar-refractivity contribution in [1.82, 2.24) is 4.90 Å². The van der Waals surface area contributed by atoms with Crippen molar-refractivity contribution in [3.63, 3.8) is 0 Å². The number of urea groups is 1. The van der Waals surface area contributed by atoms with Crippen molar-refractivity contribution in [2.75, 3.05) is 25.5 Å². The van der Waals surface area contributed by atoms with E-state index in [0.717, 1.165) is 5.56 Å². The van der Waals surface area contributed by atoms with Crippen molar-refractivity contribution in [2.45, 2.75) is 20.8 Å². The van der Waals surface area contributed by atoms with E-state index in [1.54, 1.807) is 4.90 Å². The van der Waals surface area contributed by atoms with Crippen LogP contribution >= 0.6 is 11.3 Å². The van der Waals surface area contributed by atoms with Gasteiger partial charge in [-0.1, -0.05) is 0 Å². The van der Waals surface area contributed by atoms with E-state index in [2.05, 4.69) is 5.32 Å². The van der Waals surface area contributed by atoms with E-state index in [1.807, 2.05) is 26.2 Å². The molecule has 1 aromatic heterocycles. The van der Waals surface area contributed by atoms with Gasteiger partial charge in [-0.15, -0.1) is 11.3 Å². The minimum absolute atomic E-state index is 0.202. The summed E-state index contributed by atoms with van der Waals surface area (Å²) in [5, 5.41) is 4.60. The number of nitrogens with zero attached hydrogens (tertiary/aromatic N) is 1. The van der Waals surface area contributed by atoms with Gasteiger partial charge in [-0.2, -0.15) is 0 Å². The second kappa shape index (κ2) is 6.39. The highest BCUT2D eigenvalue weighted by Crippen LogP contribution is 2.28. The zero-order valence-corrected chi connectivity index (χ0v) is 11.9. The molecule has 0 spiro atoms. The van der Waals surface area contributed by atoms with Gasteiger partial charge in [0.15, 0.2) is 0 Å². The van der Waals surface area contributed by atoms with Gasteiger partial charge in [0.05, 0.1) is 12.8 Å². The maximum Gasteiger partial charge on any atom is 0.350 e. The predicted octanol–water partition coefficient (Wildman–Crippen LogP) is 2.72. The van der Waals surface area contributed by atoms with Crippen LogP contribution in [0.3, 0.4) is 0 Å². The van der Waals surface area contributed by atoms with Gasteiger partial charge in [0, 0.05) is 13.1 Å². The molecule has 0 aliphatic carbocycles. The third kappa shape index (κ3) is 3.01. The van der Waals surface area contributed by atoms with Crippen LogP contribution in [0.25, 0.3) is 0 Å². The molecule has 0 aliphatic rings.